The first-order valence-corrected chi connectivity index (χ1v) is 18.4. The number of aliphatic hydroxyl groups is 1. The summed E-state index contributed by atoms with van der Waals surface area (Å²) in [6, 6.07) is 32.6. The average Bonchev–Trinajstić information content (AvgIpc) is 4.07. The van der Waals surface area contributed by atoms with Crippen LogP contribution in [0, 0.1) is 0 Å². The first kappa shape index (κ1) is 33.4. The number of aliphatic hydroxyl groups excluding tert-OH is 1. The zero-order valence-electron chi connectivity index (χ0n) is 29.5. The van der Waals surface area contributed by atoms with Crippen LogP contribution in [0.15, 0.2) is 116 Å². The maximum Gasteiger partial charge on any atom is 0.256 e. The van der Waals surface area contributed by atoms with Gasteiger partial charge in [0, 0.05) is 18.7 Å². The minimum absolute atomic E-state index is 0.0580. The molecule has 54 heavy (non-hydrogen) atoms. The Morgan fingerprint density at radius 2 is 1.50 bits per heavy atom. The fourth-order valence-electron chi connectivity index (χ4n) is 7.78. The van der Waals surface area contributed by atoms with E-state index in [0.717, 1.165) is 82.9 Å². The lowest BCUT2D eigenvalue weighted by Crippen LogP contribution is -2.35. The zero-order chi connectivity index (χ0) is 36.6. The number of carbonyl (C=O) groups is 2. The summed E-state index contributed by atoms with van der Waals surface area (Å²) in [7, 11) is 0. The molecule has 3 N–H and O–H groups in total. The number of nitrogens with one attached hydrogen (secondary N) is 2. The number of imidazole rings is 2. The molecule has 0 bridgehead atoms. The lowest BCUT2D eigenvalue weighted by molar-refractivity contribution is -0.141. The van der Waals surface area contributed by atoms with Gasteiger partial charge in [-0.1, -0.05) is 90.1 Å². The van der Waals surface area contributed by atoms with Crippen molar-refractivity contribution in [2.45, 2.75) is 50.3 Å². The number of carbonyl (C=O) groups excluding carboxylic acids is 2. The Labute approximate surface area is 311 Å². The molecule has 0 radical (unpaired) electrons. The minimum atomic E-state index is -1.21. The van der Waals surface area contributed by atoms with Crippen LogP contribution in [0.3, 0.4) is 0 Å². The molecule has 12 heteroatoms. The molecule has 4 aromatic carbocycles. The number of nitrogens with zero attached hydrogens (tertiary/aromatic N) is 7. The number of amides is 2. The molecule has 0 unspecified atom stereocenters. The van der Waals surface area contributed by atoms with Crippen LogP contribution in [0.4, 0.5) is 0 Å². The Morgan fingerprint density at radius 1 is 0.796 bits per heavy atom. The summed E-state index contributed by atoms with van der Waals surface area (Å²) in [5, 5.41) is 19.7. The van der Waals surface area contributed by atoms with Gasteiger partial charge in [-0.2, -0.15) is 0 Å². The van der Waals surface area contributed by atoms with Gasteiger partial charge in [0.2, 0.25) is 5.91 Å². The Bertz CT molecular complexity index is 2420. The van der Waals surface area contributed by atoms with Crippen LogP contribution < -0.4 is 0 Å². The number of fused-ring (bicyclic) bond motifs is 1. The van der Waals surface area contributed by atoms with Crippen LogP contribution in [0.5, 0.6) is 0 Å². The van der Waals surface area contributed by atoms with E-state index in [1.165, 1.54) is 0 Å². The average molecular weight is 718 g/mol. The van der Waals surface area contributed by atoms with E-state index in [0.29, 0.717) is 24.4 Å². The van der Waals surface area contributed by atoms with Gasteiger partial charge in [-0.15, -0.1) is 5.10 Å². The van der Waals surface area contributed by atoms with E-state index >= 15 is 0 Å². The van der Waals surface area contributed by atoms with Gasteiger partial charge >= 0.3 is 0 Å². The first-order valence-electron chi connectivity index (χ1n) is 18.4. The van der Waals surface area contributed by atoms with E-state index in [9.17, 15) is 14.7 Å². The highest BCUT2D eigenvalue weighted by Gasteiger charge is 2.36. The summed E-state index contributed by atoms with van der Waals surface area (Å²) in [4.78, 5) is 46.6. The molecule has 0 saturated carbocycles. The molecule has 5 heterocycles. The van der Waals surface area contributed by atoms with Gasteiger partial charge in [-0.3, -0.25) is 9.59 Å². The number of rotatable bonds is 9. The predicted octanol–water partition coefficient (Wildman–Crippen LogP) is 6.50. The van der Waals surface area contributed by atoms with Crippen molar-refractivity contribution in [3.8, 4) is 28.2 Å². The molecule has 12 nitrogen and oxygen atoms in total. The molecular weight excluding hydrogens is 679 g/mol. The molecule has 3 aromatic heterocycles. The summed E-state index contributed by atoms with van der Waals surface area (Å²) in [5.41, 5.74) is 7.57. The molecule has 2 saturated heterocycles. The highest BCUT2D eigenvalue weighted by Crippen LogP contribution is 2.35. The van der Waals surface area contributed by atoms with Gasteiger partial charge in [-0.25, -0.2) is 14.6 Å². The first-order chi connectivity index (χ1) is 26.5. The van der Waals surface area contributed by atoms with Gasteiger partial charge in [0.05, 0.1) is 53.3 Å². The second-order valence-corrected chi connectivity index (χ2v) is 14.0. The van der Waals surface area contributed by atoms with Crippen molar-refractivity contribution in [2.24, 2.45) is 0 Å². The van der Waals surface area contributed by atoms with Crippen molar-refractivity contribution < 1.29 is 14.7 Å². The number of likely N-dealkylation sites (tertiary alicyclic amines) is 2. The van der Waals surface area contributed by atoms with E-state index in [2.05, 4.69) is 20.3 Å². The second kappa shape index (κ2) is 14.2. The number of aromatic nitrogens is 7. The molecule has 0 aliphatic carbocycles. The van der Waals surface area contributed by atoms with Gasteiger partial charge < -0.3 is 24.9 Å². The summed E-state index contributed by atoms with van der Waals surface area (Å²) in [6.45, 7) is 1.31. The summed E-state index contributed by atoms with van der Waals surface area (Å²) in [5.74, 6) is 1.33. The topological polar surface area (TPSA) is 149 Å². The molecule has 270 valence electrons. The quantitative estimate of drug-likeness (QED) is 0.154. The van der Waals surface area contributed by atoms with Crippen LogP contribution in [-0.2, 0) is 16.0 Å². The summed E-state index contributed by atoms with van der Waals surface area (Å²) < 4.78 is 1.73. The monoisotopic (exact) mass is 717 g/mol. The standard InChI is InChI=1S/C42H39N9O3/c52-38(23-27-9-3-1-4-10-27)49-21-7-13-36(49)40-43-25-34(46-40)28-15-17-29(18-16-28)35-26-51(48-47-35)31-19-20-32-33(24-31)45-41(44-32)37-14-8-22-50(37)42(54)39(53)30-11-5-2-6-12-30/h1-6,9-12,15-20,24-26,36-37,39,53H,7-8,13-14,21-23H2,(H,43,46)(H,44,45)/t36-,37-,39+/m0/s1. The normalized spacial score (nSPS) is 17.7. The van der Waals surface area contributed by atoms with E-state index in [1.54, 1.807) is 21.7 Å². The zero-order valence-corrected chi connectivity index (χ0v) is 29.5. The Kier molecular flexibility index (Phi) is 8.79. The third kappa shape index (κ3) is 6.45. The summed E-state index contributed by atoms with van der Waals surface area (Å²) in [6.07, 6.45) is 6.35. The number of aromatic amines is 2. The fourth-order valence-corrected chi connectivity index (χ4v) is 7.78. The van der Waals surface area contributed by atoms with Gasteiger partial charge in [-0.05, 0) is 60.6 Å². The molecular formula is C42H39N9O3. The Morgan fingerprint density at radius 3 is 2.28 bits per heavy atom. The third-order valence-corrected chi connectivity index (χ3v) is 10.6. The van der Waals surface area contributed by atoms with Gasteiger partial charge in [0.25, 0.3) is 5.91 Å². The van der Waals surface area contributed by atoms with Crippen LogP contribution in [-0.4, -0.2) is 74.7 Å². The SMILES string of the molecule is O=C(Cc1ccccc1)N1CCC[C@H]1c1ncc(-c2ccc(-c3cn(-c4ccc5nc([C@@H]6CCCN6C(=O)[C@H](O)c6ccccc6)[nH]c5c4)nn3)cc2)[nH]1. The molecule has 2 aliphatic heterocycles. The van der Waals surface area contributed by atoms with E-state index in [1.807, 2.05) is 108 Å². The number of benzene rings is 4. The smallest absolute Gasteiger partial charge is 0.256 e. The third-order valence-electron chi connectivity index (χ3n) is 10.6. The molecule has 2 fully saturated rings. The Balaban J connectivity index is 0.876. The predicted molar refractivity (Wildman–Crippen MR) is 203 cm³/mol. The van der Waals surface area contributed by atoms with Crippen LogP contribution >= 0.6 is 0 Å². The van der Waals surface area contributed by atoms with Gasteiger partial charge in [0.1, 0.15) is 17.3 Å². The van der Waals surface area contributed by atoms with Gasteiger partial charge in [0.15, 0.2) is 6.10 Å². The molecule has 9 rings (SSSR count). The lowest BCUT2D eigenvalue weighted by atomic mass is 10.1. The number of hydrogen-bond donors (Lipinski definition) is 3. The molecule has 2 aliphatic rings. The number of H-pyrrole nitrogens is 2. The van der Waals surface area contributed by atoms with Crippen molar-refractivity contribution in [1.82, 2.24) is 44.7 Å². The number of hydrogen-bond acceptors (Lipinski definition) is 7. The van der Waals surface area contributed by atoms with Crippen LogP contribution in [0.2, 0.25) is 0 Å². The molecule has 7 aromatic rings. The highest BCUT2D eigenvalue weighted by molar-refractivity contribution is 5.83. The molecule has 0 spiro atoms. The fraction of sp³-hybridized carbons (Fsp3) is 0.238. The van der Waals surface area contributed by atoms with E-state index < -0.39 is 6.10 Å². The summed E-state index contributed by atoms with van der Waals surface area (Å²) >= 11 is 0. The van der Waals surface area contributed by atoms with E-state index in [4.69, 9.17) is 9.97 Å². The molecule has 3 atom stereocenters. The minimum Gasteiger partial charge on any atom is -0.378 e. The van der Waals surface area contributed by atoms with E-state index in [-0.39, 0.29) is 23.9 Å². The van der Waals surface area contributed by atoms with Crippen molar-refractivity contribution in [2.75, 3.05) is 13.1 Å². The van der Waals surface area contributed by atoms with Crippen molar-refractivity contribution in [3.63, 3.8) is 0 Å². The maximum atomic E-state index is 13.3. The lowest BCUT2D eigenvalue weighted by Gasteiger charge is -2.25. The maximum absolute atomic E-state index is 13.3. The molecule has 2 amide bonds. The Hall–Kier alpha value is -6.40. The second-order valence-electron chi connectivity index (χ2n) is 14.0. The van der Waals surface area contributed by atoms with Crippen molar-refractivity contribution >= 4 is 22.8 Å². The van der Waals surface area contributed by atoms with Crippen LogP contribution in [0.25, 0.3) is 39.2 Å². The van der Waals surface area contributed by atoms with Crippen molar-refractivity contribution in [1.29, 1.82) is 0 Å². The van der Waals surface area contributed by atoms with Crippen LogP contribution in [0.1, 0.15) is 66.6 Å². The highest BCUT2D eigenvalue weighted by atomic mass is 16.3. The van der Waals surface area contributed by atoms with Crippen molar-refractivity contribution in [3.05, 3.63) is 138 Å². The largest absolute Gasteiger partial charge is 0.378 e.